The summed E-state index contributed by atoms with van der Waals surface area (Å²) in [6, 6.07) is 6.94. The lowest BCUT2D eigenvalue weighted by Crippen LogP contribution is -2.32. The van der Waals surface area contributed by atoms with Gasteiger partial charge in [-0.2, -0.15) is 0 Å². The molecule has 2 amide bonds. The minimum atomic E-state index is -0.159. The lowest BCUT2D eigenvalue weighted by atomic mass is 10.2. The van der Waals surface area contributed by atoms with Crippen LogP contribution in [0.4, 0.5) is 10.5 Å². The van der Waals surface area contributed by atoms with Gasteiger partial charge in [0.2, 0.25) is 0 Å². The fourth-order valence-corrected chi connectivity index (χ4v) is 2.70. The van der Waals surface area contributed by atoms with Gasteiger partial charge >= 0.3 is 6.03 Å². The van der Waals surface area contributed by atoms with Gasteiger partial charge < -0.3 is 15.5 Å². The molecule has 0 unspecified atom stereocenters. The van der Waals surface area contributed by atoms with Crippen molar-refractivity contribution >= 4 is 23.3 Å². The highest BCUT2D eigenvalue weighted by Crippen LogP contribution is 2.13. The van der Waals surface area contributed by atoms with Crippen LogP contribution in [-0.2, 0) is 0 Å². The molecule has 116 valence electrons. The van der Waals surface area contributed by atoms with Crippen molar-refractivity contribution in [2.45, 2.75) is 32.1 Å². The van der Waals surface area contributed by atoms with E-state index in [-0.39, 0.29) is 6.03 Å². The van der Waals surface area contributed by atoms with Crippen LogP contribution in [0.25, 0.3) is 0 Å². The van der Waals surface area contributed by atoms with Crippen LogP contribution >= 0.6 is 11.6 Å². The first-order chi connectivity index (χ1) is 10.2. The number of carbonyl (C=O) groups is 1. The molecule has 0 spiro atoms. The lowest BCUT2D eigenvalue weighted by molar-refractivity contribution is 0.249. The maximum absolute atomic E-state index is 11.7. The molecular formula is C16H24ClN3O. The fourth-order valence-electron chi connectivity index (χ4n) is 2.57. The van der Waals surface area contributed by atoms with Crippen molar-refractivity contribution in [3.63, 3.8) is 0 Å². The van der Waals surface area contributed by atoms with E-state index < -0.39 is 0 Å². The molecule has 1 saturated heterocycles. The molecule has 0 radical (unpaired) electrons. The van der Waals surface area contributed by atoms with Gasteiger partial charge in [0.1, 0.15) is 0 Å². The quantitative estimate of drug-likeness (QED) is 0.814. The summed E-state index contributed by atoms with van der Waals surface area (Å²) in [6.07, 6.45) is 6.33. The van der Waals surface area contributed by atoms with Crippen molar-refractivity contribution in [2.75, 3.05) is 31.5 Å². The molecule has 0 saturated carbocycles. The van der Waals surface area contributed by atoms with Crippen LogP contribution < -0.4 is 10.6 Å². The van der Waals surface area contributed by atoms with Gasteiger partial charge in [0, 0.05) is 17.3 Å². The molecule has 1 fully saturated rings. The number of hydrogen-bond acceptors (Lipinski definition) is 2. The summed E-state index contributed by atoms with van der Waals surface area (Å²) < 4.78 is 0. The fraction of sp³-hybridized carbons (Fsp3) is 0.562. The standard InChI is InChI=1S/C16H24ClN3O/c17-14-6-8-15(9-7-14)19-16(21)18-10-5-13-20-11-3-1-2-4-12-20/h6-9H,1-5,10-13H2,(H2,18,19,21). The van der Waals surface area contributed by atoms with E-state index >= 15 is 0 Å². The largest absolute Gasteiger partial charge is 0.338 e. The summed E-state index contributed by atoms with van der Waals surface area (Å²) in [5.74, 6) is 0. The zero-order valence-corrected chi connectivity index (χ0v) is 13.2. The van der Waals surface area contributed by atoms with Gasteiger partial charge in [-0.3, -0.25) is 0 Å². The zero-order chi connectivity index (χ0) is 14.9. The van der Waals surface area contributed by atoms with Crippen molar-refractivity contribution in [1.29, 1.82) is 0 Å². The number of hydrogen-bond donors (Lipinski definition) is 2. The lowest BCUT2D eigenvalue weighted by Gasteiger charge is -2.19. The van der Waals surface area contributed by atoms with Crippen molar-refractivity contribution in [2.24, 2.45) is 0 Å². The normalized spacial score (nSPS) is 16.2. The second-order valence-corrected chi connectivity index (χ2v) is 5.93. The molecule has 0 atom stereocenters. The minimum absolute atomic E-state index is 0.159. The highest BCUT2D eigenvalue weighted by atomic mass is 35.5. The summed E-state index contributed by atoms with van der Waals surface area (Å²) in [4.78, 5) is 14.2. The van der Waals surface area contributed by atoms with Crippen LogP contribution in [0.2, 0.25) is 5.02 Å². The molecule has 1 heterocycles. The van der Waals surface area contributed by atoms with Crippen LogP contribution in [0.3, 0.4) is 0 Å². The molecule has 21 heavy (non-hydrogen) atoms. The number of benzene rings is 1. The smallest absolute Gasteiger partial charge is 0.319 e. The van der Waals surface area contributed by atoms with E-state index in [0.29, 0.717) is 11.6 Å². The number of halogens is 1. The highest BCUT2D eigenvalue weighted by Gasteiger charge is 2.08. The Labute approximate surface area is 131 Å². The molecule has 4 nitrogen and oxygen atoms in total. The minimum Gasteiger partial charge on any atom is -0.338 e. The molecule has 0 aromatic heterocycles. The van der Waals surface area contributed by atoms with Crippen molar-refractivity contribution in [3.05, 3.63) is 29.3 Å². The number of rotatable bonds is 5. The molecule has 0 aliphatic carbocycles. The van der Waals surface area contributed by atoms with Crippen LogP contribution in [0, 0.1) is 0 Å². The maximum atomic E-state index is 11.7. The Bertz CT molecular complexity index is 428. The molecule has 1 aromatic carbocycles. The van der Waals surface area contributed by atoms with Crippen LogP contribution in [0.5, 0.6) is 0 Å². The van der Waals surface area contributed by atoms with Gasteiger partial charge in [-0.05, 0) is 63.2 Å². The van der Waals surface area contributed by atoms with E-state index in [1.165, 1.54) is 38.8 Å². The number of amides is 2. The Hall–Kier alpha value is -1.26. The first-order valence-electron chi connectivity index (χ1n) is 7.77. The number of nitrogens with zero attached hydrogens (tertiary/aromatic N) is 1. The van der Waals surface area contributed by atoms with Crippen LogP contribution in [0.1, 0.15) is 32.1 Å². The van der Waals surface area contributed by atoms with Gasteiger partial charge in [-0.25, -0.2) is 4.79 Å². The average Bonchev–Trinajstić information content (AvgIpc) is 2.75. The third-order valence-electron chi connectivity index (χ3n) is 3.74. The van der Waals surface area contributed by atoms with Crippen LogP contribution in [0.15, 0.2) is 24.3 Å². The third kappa shape index (κ3) is 6.36. The van der Waals surface area contributed by atoms with E-state index in [0.717, 1.165) is 18.7 Å². The average molecular weight is 310 g/mol. The van der Waals surface area contributed by atoms with E-state index in [9.17, 15) is 4.79 Å². The zero-order valence-electron chi connectivity index (χ0n) is 12.4. The molecular weight excluding hydrogens is 286 g/mol. The predicted molar refractivity (Wildman–Crippen MR) is 88.0 cm³/mol. The molecule has 0 bridgehead atoms. The first kappa shape index (κ1) is 16.1. The van der Waals surface area contributed by atoms with Crippen molar-refractivity contribution < 1.29 is 4.79 Å². The Kier molecular flexibility index (Phi) is 6.83. The van der Waals surface area contributed by atoms with E-state index in [1.807, 2.05) is 0 Å². The van der Waals surface area contributed by atoms with Gasteiger partial charge in [-0.1, -0.05) is 24.4 Å². The Morgan fingerprint density at radius 3 is 2.43 bits per heavy atom. The summed E-state index contributed by atoms with van der Waals surface area (Å²) in [6.45, 7) is 4.19. The van der Waals surface area contributed by atoms with Gasteiger partial charge in [0.15, 0.2) is 0 Å². The number of anilines is 1. The van der Waals surface area contributed by atoms with Crippen molar-refractivity contribution in [3.8, 4) is 0 Å². The Balaban J connectivity index is 1.59. The first-order valence-corrected chi connectivity index (χ1v) is 8.14. The molecule has 2 N–H and O–H groups in total. The second kappa shape index (κ2) is 8.90. The van der Waals surface area contributed by atoms with E-state index in [1.54, 1.807) is 24.3 Å². The monoisotopic (exact) mass is 309 g/mol. The number of likely N-dealkylation sites (tertiary alicyclic amines) is 1. The van der Waals surface area contributed by atoms with Gasteiger partial charge in [-0.15, -0.1) is 0 Å². The molecule has 2 rings (SSSR count). The maximum Gasteiger partial charge on any atom is 0.319 e. The van der Waals surface area contributed by atoms with Crippen molar-refractivity contribution in [1.82, 2.24) is 10.2 Å². The molecule has 1 aromatic rings. The predicted octanol–water partition coefficient (Wildman–Crippen LogP) is 3.73. The highest BCUT2D eigenvalue weighted by molar-refractivity contribution is 6.30. The van der Waals surface area contributed by atoms with Gasteiger partial charge in [0.05, 0.1) is 0 Å². The third-order valence-corrected chi connectivity index (χ3v) is 3.99. The second-order valence-electron chi connectivity index (χ2n) is 5.50. The summed E-state index contributed by atoms with van der Waals surface area (Å²) in [5, 5.41) is 6.35. The van der Waals surface area contributed by atoms with Crippen LogP contribution in [-0.4, -0.2) is 37.1 Å². The molecule has 5 heteroatoms. The topological polar surface area (TPSA) is 44.4 Å². The van der Waals surface area contributed by atoms with Gasteiger partial charge in [0.25, 0.3) is 0 Å². The SMILES string of the molecule is O=C(NCCCN1CCCCCC1)Nc1ccc(Cl)cc1. The summed E-state index contributed by atoms with van der Waals surface area (Å²) in [5.41, 5.74) is 0.754. The number of urea groups is 1. The Morgan fingerprint density at radius 1 is 1.10 bits per heavy atom. The Morgan fingerprint density at radius 2 is 1.76 bits per heavy atom. The van der Waals surface area contributed by atoms with E-state index in [4.69, 9.17) is 11.6 Å². The summed E-state index contributed by atoms with van der Waals surface area (Å²) >= 11 is 5.80. The number of carbonyl (C=O) groups excluding carboxylic acids is 1. The van der Waals surface area contributed by atoms with E-state index in [2.05, 4.69) is 15.5 Å². The summed E-state index contributed by atoms with van der Waals surface area (Å²) in [7, 11) is 0. The molecule has 1 aliphatic rings. The number of nitrogens with one attached hydrogen (secondary N) is 2. The molecule has 1 aliphatic heterocycles.